The molecule has 1 N–H and O–H groups in total. The van der Waals surface area contributed by atoms with Gasteiger partial charge in [-0.05, 0) is 36.8 Å². The van der Waals surface area contributed by atoms with Crippen molar-refractivity contribution in [1.82, 2.24) is 4.90 Å². The second-order valence-corrected chi connectivity index (χ2v) is 8.24. The number of hydrogen-bond donors (Lipinski definition) is 1. The van der Waals surface area contributed by atoms with E-state index in [0.29, 0.717) is 37.2 Å². The number of aliphatic carboxylic acids is 1. The van der Waals surface area contributed by atoms with E-state index in [9.17, 15) is 9.59 Å². The van der Waals surface area contributed by atoms with Gasteiger partial charge in [-0.15, -0.1) is 0 Å². The van der Waals surface area contributed by atoms with Gasteiger partial charge in [-0.25, -0.2) is 0 Å². The minimum atomic E-state index is -0.903. The molecule has 140 valence electrons. The summed E-state index contributed by atoms with van der Waals surface area (Å²) < 4.78 is 6.18. The van der Waals surface area contributed by atoms with E-state index < -0.39 is 5.97 Å². The van der Waals surface area contributed by atoms with Crippen molar-refractivity contribution in [3.05, 3.63) is 51.0 Å². The molecule has 1 aromatic carbocycles. The molecule has 1 fully saturated rings. The van der Waals surface area contributed by atoms with Crippen LogP contribution in [-0.2, 0) is 9.59 Å². The fraction of sp³-hybridized carbons (Fsp3) is 0.167. The van der Waals surface area contributed by atoms with Gasteiger partial charge in [0, 0.05) is 34.7 Å². The Kier molecular flexibility index (Phi) is 6.26. The Labute approximate surface area is 174 Å². The first-order valence-electron chi connectivity index (χ1n) is 7.87. The molecule has 1 aliphatic heterocycles. The van der Waals surface area contributed by atoms with Crippen LogP contribution in [0.3, 0.4) is 0 Å². The standard InChI is InChI=1S/C18H13Cl2NO4S2/c19-11-6-10(7-12(20)8-11)14-4-3-13(25-14)9-15-17(24)21(18(26)27-15)5-1-2-16(22)23/h3-4,6-9H,1-2,5H2,(H,22,23)/b15-9-. The summed E-state index contributed by atoms with van der Waals surface area (Å²) in [4.78, 5) is 25.0. The van der Waals surface area contributed by atoms with Crippen molar-refractivity contribution in [1.29, 1.82) is 0 Å². The first-order chi connectivity index (χ1) is 12.8. The lowest BCUT2D eigenvalue weighted by molar-refractivity contribution is -0.137. The van der Waals surface area contributed by atoms with Crippen molar-refractivity contribution in [3.8, 4) is 11.3 Å². The lowest BCUT2D eigenvalue weighted by atomic mass is 10.2. The van der Waals surface area contributed by atoms with Crippen LogP contribution < -0.4 is 0 Å². The Balaban J connectivity index is 1.75. The van der Waals surface area contributed by atoms with Crippen molar-refractivity contribution in [2.24, 2.45) is 0 Å². The maximum absolute atomic E-state index is 12.5. The van der Waals surface area contributed by atoms with Crippen LogP contribution in [0, 0.1) is 0 Å². The van der Waals surface area contributed by atoms with Crippen LogP contribution in [0.25, 0.3) is 17.4 Å². The Morgan fingerprint density at radius 1 is 1.26 bits per heavy atom. The van der Waals surface area contributed by atoms with Crippen molar-refractivity contribution >= 4 is 69.5 Å². The van der Waals surface area contributed by atoms with Gasteiger partial charge in [0.2, 0.25) is 0 Å². The summed E-state index contributed by atoms with van der Waals surface area (Å²) >= 11 is 18.4. The first-order valence-corrected chi connectivity index (χ1v) is 9.85. The highest BCUT2D eigenvalue weighted by molar-refractivity contribution is 8.26. The van der Waals surface area contributed by atoms with Crippen LogP contribution in [0.5, 0.6) is 0 Å². The van der Waals surface area contributed by atoms with Crippen molar-refractivity contribution in [2.75, 3.05) is 6.54 Å². The van der Waals surface area contributed by atoms with Crippen molar-refractivity contribution < 1.29 is 19.1 Å². The summed E-state index contributed by atoms with van der Waals surface area (Å²) in [5.41, 5.74) is 0.730. The van der Waals surface area contributed by atoms with E-state index in [0.717, 1.165) is 17.3 Å². The largest absolute Gasteiger partial charge is 0.481 e. The molecule has 9 heteroatoms. The molecular weight excluding hydrogens is 429 g/mol. The molecule has 1 amide bonds. The molecule has 0 bridgehead atoms. The van der Waals surface area contributed by atoms with Gasteiger partial charge in [0.1, 0.15) is 15.8 Å². The van der Waals surface area contributed by atoms with Gasteiger partial charge in [-0.3, -0.25) is 14.5 Å². The summed E-state index contributed by atoms with van der Waals surface area (Å²) in [6.45, 7) is 0.277. The third-order valence-electron chi connectivity index (χ3n) is 3.69. The second-order valence-electron chi connectivity index (χ2n) is 5.69. The molecule has 0 aliphatic carbocycles. The molecule has 0 saturated carbocycles. The van der Waals surface area contributed by atoms with E-state index in [1.165, 1.54) is 4.90 Å². The minimum absolute atomic E-state index is 0.0140. The van der Waals surface area contributed by atoms with E-state index in [1.807, 2.05) is 0 Å². The predicted molar refractivity (Wildman–Crippen MR) is 111 cm³/mol. The van der Waals surface area contributed by atoms with Crippen molar-refractivity contribution in [3.63, 3.8) is 0 Å². The number of halogens is 2. The fourth-order valence-electron chi connectivity index (χ4n) is 2.49. The third-order valence-corrected chi connectivity index (χ3v) is 5.51. The highest BCUT2D eigenvalue weighted by atomic mass is 35.5. The second kappa shape index (κ2) is 8.48. The van der Waals surface area contributed by atoms with Gasteiger partial charge < -0.3 is 9.52 Å². The van der Waals surface area contributed by atoms with Crippen molar-refractivity contribution in [2.45, 2.75) is 12.8 Å². The zero-order valence-corrected chi connectivity index (χ0v) is 16.9. The van der Waals surface area contributed by atoms with Crippen LogP contribution in [0.15, 0.2) is 39.7 Å². The van der Waals surface area contributed by atoms with Gasteiger partial charge >= 0.3 is 5.97 Å². The molecule has 2 heterocycles. The lowest BCUT2D eigenvalue weighted by Crippen LogP contribution is -2.29. The quantitative estimate of drug-likeness (QED) is 0.483. The molecule has 1 aliphatic rings. The molecule has 0 unspecified atom stereocenters. The van der Waals surface area contributed by atoms with Crippen LogP contribution in [0.4, 0.5) is 0 Å². The highest BCUT2D eigenvalue weighted by Gasteiger charge is 2.31. The molecule has 1 aromatic heterocycles. The molecule has 0 radical (unpaired) electrons. The normalized spacial score (nSPS) is 15.8. The number of hydrogen-bond acceptors (Lipinski definition) is 5. The number of amides is 1. The summed E-state index contributed by atoms with van der Waals surface area (Å²) in [5.74, 6) is -0.0888. The van der Waals surface area contributed by atoms with Gasteiger partial charge in [-0.1, -0.05) is 47.2 Å². The Hall–Kier alpha value is -1.80. The van der Waals surface area contributed by atoms with Crippen LogP contribution in [0.2, 0.25) is 10.0 Å². The number of furan rings is 1. The number of thiocarbonyl (C=S) groups is 1. The lowest BCUT2D eigenvalue weighted by Gasteiger charge is -2.13. The topological polar surface area (TPSA) is 70.8 Å². The number of rotatable bonds is 6. The number of thioether (sulfide) groups is 1. The predicted octanol–water partition coefficient (Wildman–Crippen LogP) is 5.32. The van der Waals surface area contributed by atoms with Crippen LogP contribution in [0.1, 0.15) is 18.6 Å². The third kappa shape index (κ3) is 4.93. The molecule has 0 spiro atoms. The van der Waals surface area contributed by atoms with Gasteiger partial charge in [0.05, 0.1) is 4.91 Å². The highest BCUT2D eigenvalue weighted by Crippen LogP contribution is 2.34. The molecule has 1 saturated heterocycles. The summed E-state index contributed by atoms with van der Waals surface area (Å²) in [6, 6.07) is 8.60. The van der Waals surface area contributed by atoms with E-state index >= 15 is 0 Å². The van der Waals surface area contributed by atoms with Gasteiger partial charge in [0.25, 0.3) is 5.91 Å². The molecule has 5 nitrogen and oxygen atoms in total. The van der Waals surface area contributed by atoms with Crippen LogP contribution >= 0.6 is 47.2 Å². The Morgan fingerprint density at radius 3 is 2.63 bits per heavy atom. The van der Waals surface area contributed by atoms with Crippen LogP contribution in [-0.4, -0.2) is 32.7 Å². The number of carboxylic acids is 1. The zero-order valence-electron chi connectivity index (χ0n) is 13.8. The maximum Gasteiger partial charge on any atom is 0.303 e. The number of carbonyl (C=O) groups excluding carboxylic acids is 1. The smallest absolute Gasteiger partial charge is 0.303 e. The SMILES string of the molecule is O=C(O)CCCN1C(=O)/C(=C/c2ccc(-c3cc(Cl)cc(Cl)c3)o2)SC1=S. The first kappa shape index (κ1) is 19.9. The molecule has 3 rings (SSSR count). The van der Waals surface area contributed by atoms with E-state index in [1.54, 1.807) is 36.4 Å². The molecule has 0 atom stereocenters. The average Bonchev–Trinajstić information content (AvgIpc) is 3.14. The van der Waals surface area contributed by atoms with Gasteiger partial charge in [0.15, 0.2) is 0 Å². The summed E-state index contributed by atoms with van der Waals surface area (Å²) in [7, 11) is 0. The molecule has 2 aromatic rings. The fourth-order valence-corrected chi connectivity index (χ4v) is 4.31. The number of carbonyl (C=O) groups is 2. The Bertz CT molecular complexity index is 934. The maximum atomic E-state index is 12.5. The monoisotopic (exact) mass is 441 g/mol. The minimum Gasteiger partial charge on any atom is -0.481 e. The summed E-state index contributed by atoms with van der Waals surface area (Å²) in [5, 5.41) is 9.71. The summed E-state index contributed by atoms with van der Waals surface area (Å²) in [6.07, 6.45) is 1.95. The number of benzene rings is 1. The zero-order chi connectivity index (χ0) is 19.6. The average molecular weight is 442 g/mol. The van der Waals surface area contributed by atoms with E-state index in [-0.39, 0.29) is 18.9 Å². The number of carboxylic acid groups (broad SMARTS) is 1. The van der Waals surface area contributed by atoms with Gasteiger partial charge in [-0.2, -0.15) is 0 Å². The molecular formula is C18H13Cl2NO4S2. The Morgan fingerprint density at radius 2 is 1.96 bits per heavy atom. The van der Waals surface area contributed by atoms with E-state index in [2.05, 4.69) is 0 Å². The molecule has 27 heavy (non-hydrogen) atoms. The number of nitrogens with zero attached hydrogens (tertiary/aromatic N) is 1. The van der Waals surface area contributed by atoms with E-state index in [4.69, 9.17) is 44.9 Å².